The maximum Gasteiger partial charge on any atom is 0.126 e. The first-order chi connectivity index (χ1) is 7.78. The minimum atomic E-state index is 0.780. The van der Waals surface area contributed by atoms with Gasteiger partial charge in [0.05, 0.1) is 0 Å². The smallest absolute Gasteiger partial charge is 0.126 e. The van der Waals surface area contributed by atoms with Crippen molar-refractivity contribution in [3.63, 3.8) is 0 Å². The van der Waals surface area contributed by atoms with Gasteiger partial charge in [-0.3, -0.25) is 0 Å². The molecule has 1 aromatic rings. The average molecular weight is 219 g/mol. The Balaban J connectivity index is 1.80. The third kappa shape index (κ3) is 2.95. The Labute approximate surface area is 97.9 Å². The summed E-state index contributed by atoms with van der Waals surface area (Å²) in [4.78, 5) is 6.96. The Morgan fingerprint density at radius 2 is 2.38 bits per heavy atom. The molecular weight excluding hydrogens is 198 g/mol. The zero-order valence-corrected chi connectivity index (χ0v) is 10.2. The van der Waals surface area contributed by atoms with Crippen LogP contribution in [-0.2, 0) is 0 Å². The normalized spacial score (nSPS) is 21.2. The quantitative estimate of drug-likeness (QED) is 0.841. The van der Waals surface area contributed by atoms with Crippen molar-refractivity contribution >= 4 is 5.82 Å². The fraction of sp³-hybridized carbons (Fsp3) is 0.615. The lowest BCUT2D eigenvalue weighted by atomic mass is 10.1. The molecule has 88 valence electrons. The molecule has 0 aromatic carbocycles. The zero-order valence-electron chi connectivity index (χ0n) is 10.2. The van der Waals surface area contributed by atoms with Crippen LogP contribution in [0.5, 0.6) is 0 Å². The molecule has 0 spiro atoms. The molecule has 3 nitrogen and oxygen atoms in total. The highest BCUT2D eigenvalue weighted by molar-refractivity contribution is 5.35. The van der Waals surface area contributed by atoms with Crippen molar-refractivity contribution in [1.82, 2.24) is 9.88 Å². The zero-order chi connectivity index (χ0) is 11.4. The first kappa shape index (κ1) is 11.4. The van der Waals surface area contributed by atoms with Gasteiger partial charge in [0, 0.05) is 18.8 Å². The Hall–Kier alpha value is -1.09. The number of nitrogens with zero attached hydrogens (tertiary/aromatic N) is 2. The molecule has 1 saturated heterocycles. The van der Waals surface area contributed by atoms with Gasteiger partial charge >= 0.3 is 0 Å². The number of anilines is 1. The van der Waals surface area contributed by atoms with E-state index in [0.717, 1.165) is 24.0 Å². The van der Waals surface area contributed by atoms with Crippen LogP contribution >= 0.6 is 0 Å². The van der Waals surface area contributed by atoms with Crippen molar-refractivity contribution in [2.75, 3.05) is 31.5 Å². The van der Waals surface area contributed by atoms with Crippen LogP contribution in [0.1, 0.15) is 19.0 Å². The van der Waals surface area contributed by atoms with Crippen molar-refractivity contribution in [2.45, 2.75) is 20.3 Å². The number of pyridine rings is 1. The summed E-state index contributed by atoms with van der Waals surface area (Å²) in [6, 6.07) is 6.12. The number of hydrogen-bond donors (Lipinski definition) is 1. The van der Waals surface area contributed by atoms with E-state index in [1.54, 1.807) is 0 Å². The lowest BCUT2D eigenvalue weighted by molar-refractivity contribution is 0.345. The fourth-order valence-corrected chi connectivity index (χ4v) is 2.26. The van der Waals surface area contributed by atoms with Crippen molar-refractivity contribution < 1.29 is 0 Å². The van der Waals surface area contributed by atoms with Crippen LogP contribution in [0, 0.1) is 12.8 Å². The van der Waals surface area contributed by atoms with Gasteiger partial charge in [-0.05, 0) is 44.5 Å². The van der Waals surface area contributed by atoms with Crippen LogP contribution in [0.15, 0.2) is 18.2 Å². The molecule has 2 rings (SSSR count). The molecule has 0 aliphatic carbocycles. The molecule has 0 radical (unpaired) electrons. The molecule has 1 atom stereocenters. The monoisotopic (exact) mass is 219 g/mol. The molecule has 2 heterocycles. The standard InChI is InChI=1S/C13H21N3/c1-3-16-8-7-12(10-16)9-14-13-6-4-5-11(2)15-13/h4-6,12H,3,7-10H2,1-2H3,(H,14,15). The van der Waals surface area contributed by atoms with Crippen molar-refractivity contribution in [2.24, 2.45) is 5.92 Å². The summed E-state index contributed by atoms with van der Waals surface area (Å²) in [5, 5.41) is 3.43. The Morgan fingerprint density at radius 1 is 1.50 bits per heavy atom. The molecule has 0 saturated carbocycles. The molecule has 1 fully saturated rings. The number of hydrogen-bond acceptors (Lipinski definition) is 3. The Morgan fingerprint density at radius 3 is 3.06 bits per heavy atom. The van der Waals surface area contributed by atoms with Gasteiger partial charge in [-0.25, -0.2) is 4.98 Å². The highest BCUT2D eigenvalue weighted by Crippen LogP contribution is 2.16. The summed E-state index contributed by atoms with van der Waals surface area (Å²) >= 11 is 0. The van der Waals surface area contributed by atoms with E-state index in [4.69, 9.17) is 0 Å². The van der Waals surface area contributed by atoms with E-state index in [2.05, 4.69) is 28.2 Å². The number of likely N-dealkylation sites (tertiary alicyclic amines) is 1. The number of rotatable bonds is 4. The molecular formula is C13H21N3. The summed E-state index contributed by atoms with van der Waals surface area (Å²) < 4.78 is 0. The molecule has 3 heteroatoms. The van der Waals surface area contributed by atoms with Crippen LogP contribution in [0.3, 0.4) is 0 Å². The van der Waals surface area contributed by atoms with E-state index < -0.39 is 0 Å². The van der Waals surface area contributed by atoms with Crippen LogP contribution < -0.4 is 5.32 Å². The van der Waals surface area contributed by atoms with Crippen molar-refractivity contribution in [3.05, 3.63) is 23.9 Å². The van der Waals surface area contributed by atoms with Crippen LogP contribution in [0.2, 0.25) is 0 Å². The number of nitrogens with one attached hydrogen (secondary N) is 1. The highest BCUT2D eigenvalue weighted by atomic mass is 15.1. The van der Waals surface area contributed by atoms with Crippen molar-refractivity contribution in [3.8, 4) is 0 Å². The molecule has 1 aromatic heterocycles. The van der Waals surface area contributed by atoms with Gasteiger partial charge in [0.2, 0.25) is 0 Å². The lowest BCUT2D eigenvalue weighted by Gasteiger charge is -2.14. The van der Waals surface area contributed by atoms with E-state index in [9.17, 15) is 0 Å². The van der Waals surface area contributed by atoms with E-state index >= 15 is 0 Å². The van der Waals surface area contributed by atoms with Crippen molar-refractivity contribution in [1.29, 1.82) is 0 Å². The molecule has 1 N–H and O–H groups in total. The summed E-state index contributed by atoms with van der Waals surface area (Å²) in [6.45, 7) is 8.98. The average Bonchev–Trinajstić information content (AvgIpc) is 2.74. The number of aromatic nitrogens is 1. The SMILES string of the molecule is CCN1CCC(CNc2cccc(C)n2)C1. The predicted octanol–water partition coefficient (Wildman–Crippen LogP) is 2.14. The minimum Gasteiger partial charge on any atom is -0.370 e. The third-order valence-corrected chi connectivity index (χ3v) is 3.28. The molecule has 1 aliphatic heterocycles. The van der Waals surface area contributed by atoms with Crippen LogP contribution in [0.4, 0.5) is 5.82 Å². The van der Waals surface area contributed by atoms with Gasteiger partial charge in [-0.1, -0.05) is 13.0 Å². The molecule has 16 heavy (non-hydrogen) atoms. The summed E-state index contributed by atoms with van der Waals surface area (Å²) in [7, 11) is 0. The van der Waals surface area contributed by atoms with E-state index in [1.165, 1.54) is 26.1 Å². The highest BCUT2D eigenvalue weighted by Gasteiger charge is 2.20. The Bertz CT molecular complexity index is 338. The Kier molecular flexibility index (Phi) is 3.78. The van der Waals surface area contributed by atoms with E-state index in [-0.39, 0.29) is 0 Å². The van der Waals surface area contributed by atoms with E-state index in [0.29, 0.717) is 0 Å². The second kappa shape index (κ2) is 5.30. The van der Waals surface area contributed by atoms with Gasteiger partial charge in [-0.2, -0.15) is 0 Å². The second-order valence-corrected chi connectivity index (χ2v) is 4.59. The molecule has 1 unspecified atom stereocenters. The summed E-state index contributed by atoms with van der Waals surface area (Å²) in [6.07, 6.45) is 1.31. The molecule has 0 amide bonds. The lowest BCUT2D eigenvalue weighted by Crippen LogP contribution is -2.22. The van der Waals surface area contributed by atoms with Crippen LogP contribution in [-0.4, -0.2) is 36.1 Å². The number of aryl methyl sites for hydroxylation is 1. The van der Waals surface area contributed by atoms with Gasteiger partial charge in [0.25, 0.3) is 0 Å². The molecule has 1 aliphatic rings. The largest absolute Gasteiger partial charge is 0.370 e. The second-order valence-electron chi connectivity index (χ2n) is 4.59. The van der Waals surface area contributed by atoms with Gasteiger partial charge in [-0.15, -0.1) is 0 Å². The summed E-state index contributed by atoms with van der Waals surface area (Å²) in [5.41, 5.74) is 1.08. The minimum absolute atomic E-state index is 0.780. The third-order valence-electron chi connectivity index (χ3n) is 3.28. The summed E-state index contributed by atoms with van der Waals surface area (Å²) in [5.74, 6) is 1.79. The van der Waals surface area contributed by atoms with Gasteiger partial charge < -0.3 is 10.2 Å². The van der Waals surface area contributed by atoms with E-state index in [1.807, 2.05) is 19.1 Å². The first-order valence-electron chi connectivity index (χ1n) is 6.18. The first-order valence-corrected chi connectivity index (χ1v) is 6.18. The van der Waals surface area contributed by atoms with Gasteiger partial charge in [0.1, 0.15) is 5.82 Å². The maximum atomic E-state index is 4.45. The molecule has 0 bridgehead atoms. The van der Waals surface area contributed by atoms with Gasteiger partial charge in [0.15, 0.2) is 0 Å². The fourth-order valence-electron chi connectivity index (χ4n) is 2.26. The maximum absolute atomic E-state index is 4.45. The van der Waals surface area contributed by atoms with Crippen LogP contribution in [0.25, 0.3) is 0 Å². The predicted molar refractivity (Wildman–Crippen MR) is 67.7 cm³/mol. The topological polar surface area (TPSA) is 28.2 Å².